The first-order valence-corrected chi connectivity index (χ1v) is 10.9. The molecular weight excluding hydrogens is 519 g/mol. The van der Waals surface area contributed by atoms with Gasteiger partial charge in [0.2, 0.25) is 0 Å². The quantitative estimate of drug-likeness (QED) is 0.324. The summed E-state index contributed by atoms with van der Waals surface area (Å²) < 4.78 is 7.43. The molecule has 1 aromatic heterocycles. The van der Waals surface area contributed by atoms with Gasteiger partial charge in [-0.05, 0) is 45.2 Å². The molecule has 9 heteroatoms. The smallest absolute Gasteiger partial charge is 0.407 e. The topological polar surface area (TPSA) is 83.8 Å². The molecule has 1 amide bonds. The standard InChI is InChI=1S/C23H34N6O2.HI/c1-5-25-21(29-11-9-20(16-29)27-22(30)31-23(2,3)4)26-14-18-7-6-8-19(13-18)15-28-12-10-24-17-28;/h6-8,10,12-13,17,20H,5,9,11,14-16H2,1-4H3,(H,25,26)(H,27,30);1H. The van der Waals surface area contributed by atoms with Crippen LogP contribution in [0.4, 0.5) is 4.79 Å². The van der Waals surface area contributed by atoms with Crippen LogP contribution >= 0.6 is 24.0 Å². The van der Waals surface area contributed by atoms with Crippen molar-refractivity contribution in [2.75, 3.05) is 19.6 Å². The molecule has 1 aromatic carbocycles. The maximum absolute atomic E-state index is 12.1. The molecule has 8 nitrogen and oxygen atoms in total. The van der Waals surface area contributed by atoms with Crippen LogP contribution in [0.3, 0.4) is 0 Å². The van der Waals surface area contributed by atoms with Crippen LogP contribution in [0.25, 0.3) is 0 Å². The summed E-state index contributed by atoms with van der Waals surface area (Å²) in [5.74, 6) is 0.871. The summed E-state index contributed by atoms with van der Waals surface area (Å²) >= 11 is 0. The fourth-order valence-corrected chi connectivity index (χ4v) is 3.55. The third-order valence-electron chi connectivity index (χ3n) is 4.87. The molecule has 2 heterocycles. The zero-order valence-electron chi connectivity index (χ0n) is 19.4. The van der Waals surface area contributed by atoms with Crippen molar-refractivity contribution in [3.63, 3.8) is 0 Å². The Morgan fingerprint density at radius 2 is 2.09 bits per heavy atom. The van der Waals surface area contributed by atoms with Gasteiger partial charge in [-0.25, -0.2) is 14.8 Å². The van der Waals surface area contributed by atoms with Crippen LogP contribution in [-0.4, -0.2) is 57.8 Å². The van der Waals surface area contributed by atoms with Crippen molar-refractivity contribution in [1.29, 1.82) is 0 Å². The van der Waals surface area contributed by atoms with Crippen LogP contribution < -0.4 is 10.6 Å². The third kappa shape index (κ3) is 8.33. The van der Waals surface area contributed by atoms with Crippen LogP contribution in [0.15, 0.2) is 48.0 Å². The van der Waals surface area contributed by atoms with E-state index in [4.69, 9.17) is 9.73 Å². The average Bonchev–Trinajstić information content (AvgIpc) is 3.36. The molecule has 3 rings (SSSR count). The molecule has 0 radical (unpaired) electrons. The highest BCUT2D eigenvalue weighted by molar-refractivity contribution is 14.0. The number of likely N-dealkylation sites (tertiary alicyclic amines) is 1. The number of nitrogens with zero attached hydrogens (tertiary/aromatic N) is 4. The number of hydrogen-bond donors (Lipinski definition) is 2. The molecule has 0 bridgehead atoms. The number of carbonyl (C=O) groups is 1. The molecule has 1 unspecified atom stereocenters. The van der Waals surface area contributed by atoms with E-state index in [1.54, 1.807) is 6.20 Å². The Labute approximate surface area is 207 Å². The van der Waals surface area contributed by atoms with Crippen molar-refractivity contribution in [2.24, 2.45) is 4.99 Å². The molecule has 1 atom stereocenters. The van der Waals surface area contributed by atoms with E-state index >= 15 is 0 Å². The Hall–Kier alpha value is -2.30. The van der Waals surface area contributed by atoms with Gasteiger partial charge in [-0.15, -0.1) is 24.0 Å². The van der Waals surface area contributed by atoms with E-state index in [0.717, 1.165) is 37.6 Å². The molecule has 176 valence electrons. The molecule has 0 saturated carbocycles. The highest BCUT2D eigenvalue weighted by Gasteiger charge is 2.27. The number of aliphatic imine (C=N–C) groups is 1. The number of hydrogen-bond acceptors (Lipinski definition) is 4. The largest absolute Gasteiger partial charge is 0.444 e. The van der Waals surface area contributed by atoms with Crippen molar-refractivity contribution in [3.05, 3.63) is 54.1 Å². The Kier molecular flexibility index (Phi) is 9.80. The third-order valence-corrected chi connectivity index (χ3v) is 4.87. The van der Waals surface area contributed by atoms with Gasteiger partial charge in [-0.1, -0.05) is 24.3 Å². The summed E-state index contributed by atoms with van der Waals surface area (Å²) in [6.07, 6.45) is 6.07. The van der Waals surface area contributed by atoms with Gasteiger partial charge in [-0.3, -0.25) is 0 Å². The van der Waals surface area contributed by atoms with Gasteiger partial charge in [0.15, 0.2) is 5.96 Å². The SMILES string of the molecule is CCNC(=NCc1cccc(Cn2ccnc2)c1)N1CCC(NC(=O)OC(C)(C)C)C1.I. The molecular formula is C23H35IN6O2. The number of ether oxygens (including phenoxy) is 1. The number of imidazole rings is 1. The Morgan fingerprint density at radius 3 is 2.78 bits per heavy atom. The molecule has 0 spiro atoms. The fourth-order valence-electron chi connectivity index (χ4n) is 3.55. The summed E-state index contributed by atoms with van der Waals surface area (Å²) in [7, 11) is 0. The summed E-state index contributed by atoms with van der Waals surface area (Å²) in [4.78, 5) is 23.2. The minimum atomic E-state index is -0.495. The minimum absolute atomic E-state index is 0. The molecule has 1 aliphatic rings. The molecule has 1 saturated heterocycles. The van der Waals surface area contributed by atoms with E-state index in [9.17, 15) is 4.79 Å². The van der Waals surface area contributed by atoms with Crippen LogP contribution in [0.5, 0.6) is 0 Å². The number of benzene rings is 1. The van der Waals surface area contributed by atoms with E-state index in [2.05, 4.69) is 56.3 Å². The summed E-state index contributed by atoms with van der Waals surface area (Å²) in [5, 5.41) is 6.35. The Morgan fingerprint density at radius 1 is 1.31 bits per heavy atom. The van der Waals surface area contributed by atoms with Crippen LogP contribution in [0.1, 0.15) is 45.2 Å². The first-order valence-electron chi connectivity index (χ1n) is 10.9. The zero-order valence-corrected chi connectivity index (χ0v) is 21.7. The maximum Gasteiger partial charge on any atom is 0.407 e. The molecule has 2 N–H and O–H groups in total. The Bertz CT molecular complexity index is 879. The number of aromatic nitrogens is 2. The van der Waals surface area contributed by atoms with E-state index < -0.39 is 5.60 Å². The fraction of sp³-hybridized carbons (Fsp3) is 0.522. The highest BCUT2D eigenvalue weighted by atomic mass is 127. The van der Waals surface area contributed by atoms with Crippen molar-refractivity contribution < 1.29 is 9.53 Å². The van der Waals surface area contributed by atoms with E-state index in [1.165, 1.54) is 5.56 Å². The van der Waals surface area contributed by atoms with Crippen LogP contribution in [0, 0.1) is 0 Å². The van der Waals surface area contributed by atoms with Crippen molar-refractivity contribution in [3.8, 4) is 0 Å². The second-order valence-corrected chi connectivity index (χ2v) is 8.80. The molecule has 0 aliphatic carbocycles. The lowest BCUT2D eigenvalue weighted by molar-refractivity contribution is 0.0507. The van der Waals surface area contributed by atoms with Gasteiger partial charge in [0.25, 0.3) is 0 Å². The summed E-state index contributed by atoms with van der Waals surface area (Å²) in [6.45, 7) is 11.4. The van der Waals surface area contributed by atoms with Crippen molar-refractivity contribution >= 4 is 36.0 Å². The van der Waals surface area contributed by atoms with Crippen LogP contribution in [0.2, 0.25) is 0 Å². The van der Waals surface area contributed by atoms with E-state index in [-0.39, 0.29) is 36.1 Å². The molecule has 1 fully saturated rings. The zero-order chi connectivity index (χ0) is 22.3. The van der Waals surface area contributed by atoms with Gasteiger partial charge in [0, 0.05) is 38.6 Å². The van der Waals surface area contributed by atoms with Gasteiger partial charge in [-0.2, -0.15) is 0 Å². The Balaban J connectivity index is 0.00000363. The molecule has 32 heavy (non-hydrogen) atoms. The van der Waals surface area contributed by atoms with Crippen LogP contribution in [-0.2, 0) is 17.8 Å². The second kappa shape index (κ2) is 12.1. The lowest BCUT2D eigenvalue weighted by atomic mass is 10.1. The lowest BCUT2D eigenvalue weighted by Gasteiger charge is -2.23. The first kappa shape index (κ1) is 26.0. The van der Waals surface area contributed by atoms with Gasteiger partial charge in [0.05, 0.1) is 18.9 Å². The van der Waals surface area contributed by atoms with E-state index in [1.807, 2.05) is 33.3 Å². The molecule has 2 aromatic rings. The number of amides is 1. The summed E-state index contributed by atoms with van der Waals surface area (Å²) in [6, 6.07) is 8.52. The van der Waals surface area contributed by atoms with Gasteiger partial charge in [0.1, 0.15) is 5.60 Å². The first-order chi connectivity index (χ1) is 14.8. The number of alkyl carbamates (subject to hydrolysis) is 1. The normalized spacial score (nSPS) is 16.4. The lowest BCUT2D eigenvalue weighted by Crippen LogP contribution is -2.44. The highest BCUT2D eigenvalue weighted by Crippen LogP contribution is 2.13. The van der Waals surface area contributed by atoms with Gasteiger partial charge < -0.3 is 24.8 Å². The summed E-state index contributed by atoms with van der Waals surface area (Å²) in [5.41, 5.74) is 1.89. The number of guanidine groups is 1. The average molecular weight is 554 g/mol. The predicted molar refractivity (Wildman–Crippen MR) is 137 cm³/mol. The molecule has 1 aliphatic heterocycles. The maximum atomic E-state index is 12.1. The van der Waals surface area contributed by atoms with Crippen molar-refractivity contribution in [2.45, 2.75) is 58.8 Å². The second-order valence-electron chi connectivity index (χ2n) is 8.80. The number of carbonyl (C=O) groups excluding carboxylic acids is 1. The minimum Gasteiger partial charge on any atom is -0.444 e. The number of nitrogens with one attached hydrogen (secondary N) is 2. The number of halogens is 1. The predicted octanol–water partition coefficient (Wildman–Crippen LogP) is 3.61. The van der Waals surface area contributed by atoms with Gasteiger partial charge >= 0.3 is 6.09 Å². The van der Waals surface area contributed by atoms with Crippen molar-refractivity contribution in [1.82, 2.24) is 25.1 Å². The number of rotatable bonds is 6. The monoisotopic (exact) mass is 554 g/mol. The van der Waals surface area contributed by atoms with E-state index in [0.29, 0.717) is 13.1 Å².